The molecule has 2 fully saturated rings. The van der Waals surface area contributed by atoms with Crippen LogP contribution in [0.5, 0.6) is 0 Å². The topological polar surface area (TPSA) is 102 Å². The molecule has 164 valence electrons. The maximum atomic E-state index is 12.9. The Balaban J connectivity index is 1.61. The molecule has 4 rings (SSSR count). The van der Waals surface area contributed by atoms with E-state index < -0.39 is 15.8 Å². The molecule has 1 unspecified atom stereocenters. The summed E-state index contributed by atoms with van der Waals surface area (Å²) in [4.78, 5) is 27.2. The van der Waals surface area contributed by atoms with Crippen molar-refractivity contribution >= 4 is 27.0 Å². The lowest BCUT2D eigenvalue weighted by Gasteiger charge is -2.35. The Morgan fingerprint density at radius 2 is 1.93 bits per heavy atom. The summed E-state index contributed by atoms with van der Waals surface area (Å²) < 4.78 is 38.9. The third kappa shape index (κ3) is 3.91. The first-order valence-electron chi connectivity index (χ1n) is 10.4. The molecule has 10 heteroatoms. The van der Waals surface area contributed by atoms with Crippen molar-refractivity contribution < 1.29 is 22.4 Å². The van der Waals surface area contributed by atoms with Gasteiger partial charge in [0.05, 0.1) is 23.6 Å². The van der Waals surface area contributed by atoms with Crippen LogP contribution >= 0.6 is 0 Å². The van der Waals surface area contributed by atoms with Gasteiger partial charge in [0.15, 0.2) is 5.58 Å². The van der Waals surface area contributed by atoms with Crippen molar-refractivity contribution in [3.63, 3.8) is 0 Å². The van der Waals surface area contributed by atoms with E-state index >= 15 is 0 Å². The van der Waals surface area contributed by atoms with Gasteiger partial charge in [-0.1, -0.05) is 6.92 Å². The van der Waals surface area contributed by atoms with Gasteiger partial charge in [-0.05, 0) is 37.8 Å². The first-order chi connectivity index (χ1) is 14.4. The molecular formula is C20H27N3O6S. The largest absolute Gasteiger partial charge is 0.420 e. The second-order valence-electron chi connectivity index (χ2n) is 7.75. The summed E-state index contributed by atoms with van der Waals surface area (Å²) in [5, 5.41) is 0. The molecule has 0 radical (unpaired) electrons. The van der Waals surface area contributed by atoms with Crippen LogP contribution in [0.1, 0.15) is 32.6 Å². The van der Waals surface area contributed by atoms with Crippen molar-refractivity contribution in [2.45, 2.75) is 50.1 Å². The number of hydrogen-bond acceptors (Lipinski definition) is 6. The van der Waals surface area contributed by atoms with Gasteiger partial charge in [-0.3, -0.25) is 9.36 Å². The number of nitrogens with zero attached hydrogens (tertiary/aromatic N) is 3. The number of fused-ring (bicyclic) bond motifs is 1. The smallest absolute Gasteiger partial charge is 0.408 e. The molecule has 2 saturated heterocycles. The van der Waals surface area contributed by atoms with Gasteiger partial charge in [0, 0.05) is 31.7 Å². The first kappa shape index (κ1) is 21.1. The highest BCUT2D eigenvalue weighted by Gasteiger charge is 2.29. The average Bonchev–Trinajstić information content (AvgIpc) is 3.08. The minimum absolute atomic E-state index is 0.0613. The van der Waals surface area contributed by atoms with E-state index in [1.54, 1.807) is 0 Å². The summed E-state index contributed by atoms with van der Waals surface area (Å²) in [6.07, 6.45) is 3.94. The summed E-state index contributed by atoms with van der Waals surface area (Å²) in [6.45, 7) is 3.92. The van der Waals surface area contributed by atoms with Crippen LogP contribution < -0.4 is 5.76 Å². The fraction of sp³-hybridized carbons (Fsp3) is 0.600. The lowest BCUT2D eigenvalue weighted by Crippen LogP contribution is -2.45. The third-order valence-electron chi connectivity index (χ3n) is 5.96. The number of oxazole rings is 1. The molecule has 0 aliphatic carbocycles. The molecular weight excluding hydrogens is 410 g/mol. The monoisotopic (exact) mass is 437 g/mol. The van der Waals surface area contributed by atoms with Gasteiger partial charge in [0.2, 0.25) is 15.9 Å². The van der Waals surface area contributed by atoms with Crippen LogP contribution in [-0.4, -0.2) is 67.0 Å². The third-order valence-corrected chi connectivity index (χ3v) is 7.85. The van der Waals surface area contributed by atoms with Crippen molar-refractivity contribution in [3.8, 4) is 0 Å². The number of morpholine rings is 1. The van der Waals surface area contributed by atoms with E-state index in [4.69, 9.17) is 9.15 Å². The number of ether oxygens (including phenoxy) is 1. The molecule has 2 aromatic rings. The summed E-state index contributed by atoms with van der Waals surface area (Å²) >= 11 is 0. The second-order valence-corrected chi connectivity index (χ2v) is 9.68. The molecule has 1 amide bonds. The van der Waals surface area contributed by atoms with Crippen LogP contribution in [0.25, 0.3) is 11.1 Å². The van der Waals surface area contributed by atoms with Crippen LogP contribution in [0.15, 0.2) is 32.3 Å². The Kier molecular flexibility index (Phi) is 5.99. The Labute approximate surface area is 175 Å². The number of piperidine rings is 1. The summed E-state index contributed by atoms with van der Waals surface area (Å²) in [5.41, 5.74) is 0.576. The van der Waals surface area contributed by atoms with Crippen molar-refractivity contribution in [2.75, 3.05) is 32.8 Å². The Bertz CT molecular complexity index is 1080. The van der Waals surface area contributed by atoms with E-state index in [1.807, 2.05) is 4.90 Å². The van der Waals surface area contributed by atoms with Gasteiger partial charge in [-0.25, -0.2) is 13.2 Å². The zero-order valence-electron chi connectivity index (χ0n) is 17.1. The quantitative estimate of drug-likeness (QED) is 0.701. The van der Waals surface area contributed by atoms with Crippen LogP contribution in [-0.2, 0) is 26.1 Å². The molecule has 2 aliphatic heterocycles. The van der Waals surface area contributed by atoms with Crippen LogP contribution in [0, 0.1) is 0 Å². The predicted molar refractivity (Wildman–Crippen MR) is 110 cm³/mol. The lowest BCUT2D eigenvalue weighted by atomic mass is 10.00. The zero-order valence-corrected chi connectivity index (χ0v) is 17.9. The minimum Gasteiger partial charge on any atom is -0.408 e. The molecule has 2 aliphatic rings. The van der Waals surface area contributed by atoms with E-state index in [1.165, 1.54) is 27.1 Å². The van der Waals surface area contributed by atoms with Gasteiger partial charge in [0.1, 0.15) is 6.54 Å². The normalized spacial score (nSPS) is 21.2. The Morgan fingerprint density at radius 1 is 1.17 bits per heavy atom. The fourth-order valence-electron chi connectivity index (χ4n) is 4.27. The van der Waals surface area contributed by atoms with E-state index in [9.17, 15) is 18.0 Å². The van der Waals surface area contributed by atoms with Crippen LogP contribution in [0.4, 0.5) is 0 Å². The zero-order chi connectivity index (χ0) is 21.3. The summed E-state index contributed by atoms with van der Waals surface area (Å²) in [7, 11) is -3.70. The molecule has 3 heterocycles. The SMILES string of the molecule is CCC1CCCCN1C(=O)Cn1c(=O)oc2cc(S(=O)(=O)N3CCOCC3)ccc21. The standard InChI is InChI=1S/C20H27N3O6S/c1-2-15-5-3-4-8-22(15)19(24)14-23-17-7-6-16(13-18(17)29-20(23)25)30(26,27)21-9-11-28-12-10-21/h6-7,13,15H,2-5,8-12,14H2,1H3. The summed E-state index contributed by atoms with van der Waals surface area (Å²) in [6, 6.07) is 4.55. The molecule has 9 nitrogen and oxygen atoms in total. The molecule has 0 N–H and O–H groups in total. The summed E-state index contributed by atoms with van der Waals surface area (Å²) in [5.74, 6) is -0.777. The molecule has 0 saturated carbocycles. The highest BCUT2D eigenvalue weighted by Crippen LogP contribution is 2.24. The molecule has 0 spiro atoms. The number of benzene rings is 1. The maximum Gasteiger partial charge on any atom is 0.420 e. The molecule has 1 atom stereocenters. The number of carbonyl (C=O) groups is 1. The van der Waals surface area contributed by atoms with Crippen LogP contribution in [0.2, 0.25) is 0 Å². The molecule has 1 aromatic carbocycles. The Hall–Kier alpha value is -2.17. The van der Waals surface area contributed by atoms with Crippen molar-refractivity contribution in [1.82, 2.24) is 13.8 Å². The maximum absolute atomic E-state index is 12.9. The van der Waals surface area contributed by atoms with Gasteiger partial charge >= 0.3 is 5.76 Å². The number of sulfonamides is 1. The highest BCUT2D eigenvalue weighted by atomic mass is 32.2. The van der Waals surface area contributed by atoms with Gasteiger partial charge in [0.25, 0.3) is 0 Å². The highest BCUT2D eigenvalue weighted by molar-refractivity contribution is 7.89. The average molecular weight is 438 g/mol. The number of likely N-dealkylation sites (tertiary alicyclic amines) is 1. The Morgan fingerprint density at radius 3 is 2.67 bits per heavy atom. The fourth-order valence-corrected chi connectivity index (χ4v) is 5.70. The van der Waals surface area contributed by atoms with Crippen molar-refractivity contribution in [1.29, 1.82) is 0 Å². The lowest BCUT2D eigenvalue weighted by molar-refractivity contribution is -0.135. The van der Waals surface area contributed by atoms with E-state index in [0.29, 0.717) is 25.3 Å². The second kappa shape index (κ2) is 8.52. The molecule has 30 heavy (non-hydrogen) atoms. The minimum atomic E-state index is -3.70. The number of hydrogen-bond donors (Lipinski definition) is 0. The van der Waals surface area contributed by atoms with Gasteiger partial charge in [-0.2, -0.15) is 4.31 Å². The number of amides is 1. The number of aromatic nitrogens is 1. The van der Waals surface area contributed by atoms with E-state index in [0.717, 1.165) is 25.7 Å². The van der Waals surface area contributed by atoms with Crippen LogP contribution in [0.3, 0.4) is 0 Å². The molecule has 0 bridgehead atoms. The number of carbonyl (C=O) groups excluding carboxylic acids is 1. The first-order valence-corrected chi connectivity index (χ1v) is 11.9. The van der Waals surface area contributed by atoms with Crippen molar-refractivity contribution in [3.05, 3.63) is 28.7 Å². The van der Waals surface area contributed by atoms with E-state index in [-0.39, 0.29) is 42.1 Å². The number of rotatable bonds is 5. The van der Waals surface area contributed by atoms with Gasteiger partial charge in [-0.15, -0.1) is 0 Å². The predicted octanol–water partition coefficient (Wildman–Crippen LogP) is 1.41. The van der Waals surface area contributed by atoms with E-state index in [2.05, 4.69) is 6.92 Å². The van der Waals surface area contributed by atoms with Gasteiger partial charge < -0.3 is 14.1 Å². The van der Waals surface area contributed by atoms with Crippen molar-refractivity contribution in [2.24, 2.45) is 0 Å². The molecule has 1 aromatic heterocycles.